The maximum Gasteiger partial charge on any atom is 0.417 e. The average molecular weight is 803 g/mol. The number of anilines is 1. The van der Waals surface area contributed by atoms with Crippen LogP contribution in [0, 0.1) is 6.92 Å². The van der Waals surface area contributed by atoms with Crippen LogP contribution in [0.1, 0.15) is 48.8 Å². The van der Waals surface area contributed by atoms with Crippen molar-refractivity contribution >= 4 is 40.8 Å². The lowest BCUT2D eigenvalue weighted by molar-refractivity contribution is -0.145. The number of hydrogen-bond acceptors (Lipinski definition) is 11. The van der Waals surface area contributed by atoms with Crippen LogP contribution in [0.5, 0.6) is 0 Å². The van der Waals surface area contributed by atoms with Crippen LogP contribution >= 0.6 is 0 Å². The maximum absolute atomic E-state index is 14.3. The topological polar surface area (TPSA) is 164 Å². The lowest BCUT2D eigenvalue weighted by atomic mass is 9.99. The second-order valence-electron chi connectivity index (χ2n) is 16.4. The van der Waals surface area contributed by atoms with E-state index in [9.17, 15) is 24.0 Å². The molecule has 1 atom stereocenters. The van der Waals surface area contributed by atoms with Gasteiger partial charge in [0.05, 0.1) is 18.7 Å². The summed E-state index contributed by atoms with van der Waals surface area (Å²) in [5.74, 6) is -0.984. The van der Waals surface area contributed by atoms with Crippen molar-refractivity contribution in [3.63, 3.8) is 0 Å². The molecule has 3 fully saturated rings. The van der Waals surface area contributed by atoms with Crippen LogP contribution in [0.3, 0.4) is 0 Å². The number of ether oxygens (including phenoxy) is 2. The average Bonchev–Trinajstić information content (AvgIpc) is 3.51. The number of nitrogens with one attached hydrogen (secondary N) is 2. The first-order chi connectivity index (χ1) is 28.0. The van der Waals surface area contributed by atoms with Gasteiger partial charge in [-0.15, -0.1) is 0 Å². The summed E-state index contributed by atoms with van der Waals surface area (Å²) in [5, 5.41) is 3.04. The minimum absolute atomic E-state index is 0.0228. The Bertz CT molecular complexity index is 1970. The number of nitrogens with zero attached hydrogens (tertiary/aromatic N) is 6. The molecular formula is C42H58N8O8. The number of esters is 1. The zero-order valence-electron chi connectivity index (χ0n) is 34.1. The first-order valence-electron chi connectivity index (χ1n) is 20.8. The molecule has 16 nitrogen and oxygen atoms in total. The van der Waals surface area contributed by atoms with Gasteiger partial charge in [0.15, 0.2) is 11.7 Å². The van der Waals surface area contributed by atoms with E-state index in [0.717, 1.165) is 80.8 Å². The Kier molecular flexibility index (Phi) is 13.3. The standard InChI is InChI=1S/C42H58N8O8/c1-29-25-30(26-35-38(29)44-41(54)57-35)27-36(58-42(55)49-17-12-33(13-18-49)50-19-9-31-7-4-5-8-34(31)43-40(50)53)39(52)48-15-10-32(11-16-48)47-22-20-46(21-23-47)28-37(51)56-24-6-14-45(2)3/h4-5,7-8,25-26,32-33,36H,6,9-24,27-28H2,1-3H3,(H,43,53)(H,44,54)/t36-/m1/s1. The summed E-state index contributed by atoms with van der Waals surface area (Å²) in [7, 11) is 4.00. The van der Waals surface area contributed by atoms with Gasteiger partial charge in [-0.25, -0.2) is 14.4 Å². The first-order valence-corrected chi connectivity index (χ1v) is 20.8. The Morgan fingerprint density at radius 2 is 1.60 bits per heavy atom. The number of aryl methyl sites for hydroxylation is 1. The molecule has 0 spiro atoms. The Morgan fingerprint density at radius 3 is 2.34 bits per heavy atom. The molecule has 0 aliphatic carbocycles. The minimum atomic E-state index is -1.08. The highest BCUT2D eigenvalue weighted by Gasteiger charge is 2.37. The zero-order chi connectivity index (χ0) is 40.8. The number of rotatable bonds is 12. The molecule has 0 bridgehead atoms. The van der Waals surface area contributed by atoms with E-state index in [2.05, 4.69) is 25.0 Å². The Hall–Kier alpha value is -4.93. The molecule has 2 N–H and O–H groups in total. The number of likely N-dealkylation sites (tertiary alicyclic amines) is 2. The Balaban J connectivity index is 0.935. The largest absolute Gasteiger partial charge is 0.465 e. The third-order valence-corrected chi connectivity index (χ3v) is 12.1. The van der Waals surface area contributed by atoms with Crippen LogP contribution in [-0.2, 0) is 31.9 Å². The van der Waals surface area contributed by atoms with Crippen LogP contribution in [0.25, 0.3) is 11.1 Å². The number of oxazole rings is 1. The maximum atomic E-state index is 14.3. The summed E-state index contributed by atoms with van der Waals surface area (Å²) in [4.78, 5) is 80.3. The van der Waals surface area contributed by atoms with E-state index in [4.69, 9.17) is 13.9 Å². The van der Waals surface area contributed by atoms with E-state index < -0.39 is 18.0 Å². The van der Waals surface area contributed by atoms with Gasteiger partial charge in [-0.2, -0.15) is 0 Å². The molecule has 3 aromatic rings. The minimum Gasteiger partial charge on any atom is -0.465 e. The summed E-state index contributed by atoms with van der Waals surface area (Å²) in [5.41, 5.74) is 4.43. The van der Waals surface area contributed by atoms with Gasteiger partial charge < -0.3 is 38.8 Å². The van der Waals surface area contributed by atoms with Crippen LogP contribution < -0.4 is 11.1 Å². The van der Waals surface area contributed by atoms with Gasteiger partial charge in [0, 0.05) is 89.6 Å². The highest BCUT2D eigenvalue weighted by Crippen LogP contribution is 2.27. The summed E-state index contributed by atoms with van der Waals surface area (Å²) in [6.45, 7) is 9.20. The van der Waals surface area contributed by atoms with E-state index >= 15 is 0 Å². The summed E-state index contributed by atoms with van der Waals surface area (Å²) < 4.78 is 16.9. The second kappa shape index (κ2) is 18.8. The third kappa shape index (κ3) is 10.2. The van der Waals surface area contributed by atoms with Gasteiger partial charge in [-0.3, -0.25) is 24.4 Å². The van der Waals surface area contributed by atoms with Crippen molar-refractivity contribution in [2.75, 3.05) is 98.0 Å². The lowest BCUT2D eigenvalue weighted by Crippen LogP contribution is -2.55. The number of benzene rings is 2. The van der Waals surface area contributed by atoms with Crippen molar-refractivity contribution in [1.29, 1.82) is 0 Å². The number of fused-ring (bicyclic) bond motifs is 2. The number of carbonyl (C=O) groups excluding carboxylic acids is 4. The van der Waals surface area contributed by atoms with Crippen molar-refractivity contribution in [2.24, 2.45) is 0 Å². The number of para-hydroxylation sites is 1. The number of aromatic nitrogens is 1. The van der Waals surface area contributed by atoms with E-state index in [0.29, 0.717) is 75.9 Å². The van der Waals surface area contributed by atoms with Gasteiger partial charge in [0.1, 0.15) is 0 Å². The van der Waals surface area contributed by atoms with Crippen LogP contribution in [0.15, 0.2) is 45.6 Å². The molecule has 0 radical (unpaired) electrons. The predicted octanol–water partition coefficient (Wildman–Crippen LogP) is 3.14. The van der Waals surface area contributed by atoms with Crippen LogP contribution in [0.4, 0.5) is 15.3 Å². The van der Waals surface area contributed by atoms with E-state index in [1.54, 1.807) is 15.9 Å². The summed E-state index contributed by atoms with van der Waals surface area (Å²) in [6, 6.07) is 11.6. The van der Waals surface area contributed by atoms with Crippen molar-refractivity contribution in [3.8, 4) is 0 Å². The third-order valence-electron chi connectivity index (χ3n) is 12.1. The van der Waals surface area contributed by atoms with E-state index in [1.165, 1.54) is 0 Å². The summed E-state index contributed by atoms with van der Waals surface area (Å²) >= 11 is 0. The van der Waals surface area contributed by atoms with Crippen molar-refractivity contribution in [3.05, 3.63) is 63.6 Å². The fourth-order valence-electron chi connectivity index (χ4n) is 8.84. The number of H-pyrrole nitrogens is 1. The molecule has 3 saturated heterocycles. The smallest absolute Gasteiger partial charge is 0.417 e. The summed E-state index contributed by atoms with van der Waals surface area (Å²) in [6.07, 6.45) is 2.85. The Labute approximate surface area is 339 Å². The number of urea groups is 1. The molecule has 58 heavy (non-hydrogen) atoms. The normalized spacial score (nSPS) is 19.5. The quantitative estimate of drug-likeness (QED) is 0.204. The number of piperidine rings is 2. The van der Waals surface area contributed by atoms with E-state index in [1.807, 2.05) is 56.3 Å². The van der Waals surface area contributed by atoms with Crippen molar-refractivity contribution in [1.82, 2.24) is 34.4 Å². The number of amides is 4. The molecule has 7 rings (SSSR count). The van der Waals surface area contributed by atoms with Crippen LogP contribution in [0.2, 0.25) is 0 Å². The molecule has 1 aromatic heterocycles. The SMILES string of the molecule is Cc1cc(C[C@@H](OC(=O)N2CCC(N3CCc4ccccc4NC3=O)CC2)C(=O)N2CCC(N3CCN(CC(=O)OCCCN(C)C)CC3)CC2)cc2oc(=O)[nH]c12. The van der Waals surface area contributed by atoms with Gasteiger partial charge in [0.25, 0.3) is 5.91 Å². The molecular weight excluding hydrogens is 745 g/mol. The molecule has 2 aromatic carbocycles. The molecule has 4 aliphatic heterocycles. The molecule has 4 aliphatic rings. The number of carbonyl (C=O) groups is 4. The number of aromatic amines is 1. The van der Waals surface area contributed by atoms with Crippen LogP contribution in [-0.4, -0.2) is 169 Å². The van der Waals surface area contributed by atoms with Gasteiger partial charge in [-0.1, -0.05) is 24.3 Å². The molecule has 5 heterocycles. The van der Waals surface area contributed by atoms with Gasteiger partial charge in [0.2, 0.25) is 0 Å². The lowest BCUT2D eigenvalue weighted by Gasteiger charge is -2.43. The molecule has 0 unspecified atom stereocenters. The van der Waals surface area contributed by atoms with E-state index in [-0.39, 0.29) is 30.4 Å². The second-order valence-corrected chi connectivity index (χ2v) is 16.4. The fourth-order valence-corrected chi connectivity index (χ4v) is 8.84. The van der Waals surface area contributed by atoms with Crippen molar-refractivity contribution < 1.29 is 33.1 Å². The molecule has 4 amide bonds. The highest BCUT2D eigenvalue weighted by atomic mass is 16.6. The van der Waals surface area contributed by atoms with Crippen molar-refractivity contribution in [2.45, 2.75) is 70.1 Å². The number of piperazine rings is 1. The molecule has 16 heteroatoms. The van der Waals surface area contributed by atoms with Gasteiger partial charge >= 0.3 is 23.8 Å². The first kappa shape index (κ1) is 41.2. The zero-order valence-corrected chi connectivity index (χ0v) is 34.1. The Morgan fingerprint density at radius 1 is 0.897 bits per heavy atom. The predicted molar refractivity (Wildman–Crippen MR) is 218 cm³/mol. The van der Waals surface area contributed by atoms with Gasteiger partial charge in [-0.05, 0) is 88.4 Å². The molecule has 314 valence electrons. The molecule has 0 saturated carbocycles. The number of hydrogen-bond donors (Lipinski definition) is 2. The highest BCUT2D eigenvalue weighted by molar-refractivity contribution is 5.91. The fraction of sp³-hybridized carbons (Fsp3) is 0.595. The monoisotopic (exact) mass is 802 g/mol.